The van der Waals surface area contributed by atoms with E-state index < -0.39 is 0 Å². The Morgan fingerprint density at radius 2 is 2.44 bits per heavy atom. The highest BCUT2D eigenvalue weighted by Crippen LogP contribution is 2.28. The van der Waals surface area contributed by atoms with Crippen molar-refractivity contribution in [3.8, 4) is 0 Å². The SMILES string of the molecule is CC[C@@]1(C)OCC[C@@H]1O. The molecular formula is C7H14O2. The third-order valence-electron chi connectivity index (χ3n) is 2.23. The topological polar surface area (TPSA) is 29.5 Å². The molecule has 1 aliphatic rings. The molecule has 1 rings (SSSR count). The smallest absolute Gasteiger partial charge is 0.0910 e. The van der Waals surface area contributed by atoms with Crippen LogP contribution in [0.15, 0.2) is 0 Å². The Morgan fingerprint density at radius 1 is 1.78 bits per heavy atom. The fraction of sp³-hybridized carbons (Fsp3) is 1.00. The van der Waals surface area contributed by atoms with Crippen LogP contribution in [-0.4, -0.2) is 23.4 Å². The van der Waals surface area contributed by atoms with Gasteiger partial charge in [0.25, 0.3) is 0 Å². The molecule has 1 N–H and O–H groups in total. The minimum absolute atomic E-state index is 0.248. The number of hydrogen-bond acceptors (Lipinski definition) is 2. The maximum Gasteiger partial charge on any atom is 0.0910 e. The fourth-order valence-corrected chi connectivity index (χ4v) is 1.14. The van der Waals surface area contributed by atoms with E-state index in [1.807, 2.05) is 13.8 Å². The molecule has 54 valence electrons. The molecule has 0 unspecified atom stereocenters. The average Bonchev–Trinajstić information content (AvgIpc) is 2.15. The summed E-state index contributed by atoms with van der Waals surface area (Å²) in [5.41, 5.74) is -0.250. The van der Waals surface area contributed by atoms with Gasteiger partial charge in [-0.3, -0.25) is 0 Å². The third-order valence-corrected chi connectivity index (χ3v) is 2.23. The first-order chi connectivity index (χ1) is 4.19. The van der Waals surface area contributed by atoms with Crippen molar-refractivity contribution in [3.05, 3.63) is 0 Å². The standard InChI is InChI=1S/C7H14O2/c1-3-7(2)6(8)4-5-9-7/h6,8H,3-5H2,1-2H3/t6-,7+/m0/s1. The zero-order valence-electron chi connectivity index (χ0n) is 6.05. The Balaban J connectivity index is 2.56. The summed E-state index contributed by atoms with van der Waals surface area (Å²) in [7, 11) is 0. The molecule has 0 spiro atoms. The van der Waals surface area contributed by atoms with Crippen LogP contribution in [0, 0.1) is 0 Å². The molecule has 0 amide bonds. The second-order valence-electron chi connectivity index (χ2n) is 2.82. The summed E-state index contributed by atoms with van der Waals surface area (Å²) in [6.45, 7) is 4.71. The Morgan fingerprint density at radius 3 is 2.67 bits per heavy atom. The van der Waals surface area contributed by atoms with E-state index in [2.05, 4.69) is 0 Å². The second kappa shape index (κ2) is 2.27. The predicted molar refractivity (Wildman–Crippen MR) is 35.3 cm³/mol. The van der Waals surface area contributed by atoms with Crippen LogP contribution < -0.4 is 0 Å². The van der Waals surface area contributed by atoms with Crippen molar-refractivity contribution >= 4 is 0 Å². The van der Waals surface area contributed by atoms with Crippen LogP contribution in [0.2, 0.25) is 0 Å². The van der Waals surface area contributed by atoms with Gasteiger partial charge in [0.2, 0.25) is 0 Å². The minimum atomic E-state index is -0.250. The summed E-state index contributed by atoms with van der Waals surface area (Å²) in [5.74, 6) is 0. The van der Waals surface area contributed by atoms with Crippen LogP contribution in [0.4, 0.5) is 0 Å². The summed E-state index contributed by atoms with van der Waals surface area (Å²) in [4.78, 5) is 0. The van der Waals surface area contributed by atoms with Crippen molar-refractivity contribution in [3.63, 3.8) is 0 Å². The number of ether oxygens (including phenoxy) is 1. The molecule has 1 heterocycles. The lowest BCUT2D eigenvalue weighted by molar-refractivity contribution is -0.0457. The first-order valence-electron chi connectivity index (χ1n) is 3.51. The highest BCUT2D eigenvalue weighted by atomic mass is 16.5. The molecule has 1 saturated heterocycles. The van der Waals surface area contributed by atoms with Gasteiger partial charge in [-0.15, -0.1) is 0 Å². The van der Waals surface area contributed by atoms with E-state index in [1.165, 1.54) is 0 Å². The van der Waals surface area contributed by atoms with Crippen LogP contribution in [0.5, 0.6) is 0 Å². The zero-order chi connectivity index (χ0) is 6.91. The highest BCUT2D eigenvalue weighted by molar-refractivity contribution is 4.86. The summed E-state index contributed by atoms with van der Waals surface area (Å²) in [6.07, 6.45) is 1.45. The molecule has 0 aromatic carbocycles. The number of aliphatic hydroxyl groups excluding tert-OH is 1. The van der Waals surface area contributed by atoms with Crippen LogP contribution in [0.1, 0.15) is 26.7 Å². The number of hydrogen-bond donors (Lipinski definition) is 1. The van der Waals surface area contributed by atoms with Crippen molar-refractivity contribution < 1.29 is 9.84 Å². The van der Waals surface area contributed by atoms with Crippen LogP contribution in [0.25, 0.3) is 0 Å². The van der Waals surface area contributed by atoms with Gasteiger partial charge in [0.05, 0.1) is 18.3 Å². The summed E-state index contributed by atoms with van der Waals surface area (Å²) in [5, 5.41) is 9.32. The van der Waals surface area contributed by atoms with Gasteiger partial charge in [-0.1, -0.05) is 6.92 Å². The zero-order valence-corrected chi connectivity index (χ0v) is 6.05. The Labute approximate surface area is 55.8 Å². The number of rotatable bonds is 1. The van der Waals surface area contributed by atoms with Gasteiger partial charge in [0.1, 0.15) is 0 Å². The number of aliphatic hydroxyl groups is 1. The van der Waals surface area contributed by atoms with E-state index >= 15 is 0 Å². The predicted octanol–water partition coefficient (Wildman–Crippen LogP) is 0.936. The maximum absolute atomic E-state index is 9.32. The van der Waals surface area contributed by atoms with Gasteiger partial charge in [0.15, 0.2) is 0 Å². The molecule has 9 heavy (non-hydrogen) atoms. The molecule has 0 aromatic rings. The highest BCUT2D eigenvalue weighted by Gasteiger charge is 2.36. The van der Waals surface area contributed by atoms with E-state index in [9.17, 15) is 5.11 Å². The Kier molecular flexibility index (Phi) is 1.78. The first-order valence-corrected chi connectivity index (χ1v) is 3.51. The first kappa shape index (κ1) is 7.03. The molecular weight excluding hydrogens is 116 g/mol. The van der Waals surface area contributed by atoms with Crippen molar-refractivity contribution in [1.29, 1.82) is 0 Å². The van der Waals surface area contributed by atoms with E-state index in [-0.39, 0.29) is 11.7 Å². The Bertz CT molecular complexity index is 103. The van der Waals surface area contributed by atoms with Gasteiger partial charge in [-0.25, -0.2) is 0 Å². The van der Waals surface area contributed by atoms with E-state index in [1.54, 1.807) is 0 Å². The van der Waals surface area contributed by atoms with E-state index in [0.29, 0.717) is 6.61 Å². The summed E-state index contributed by atoms with van der Waals surface area (Å²) < 4.78 is 5.35. The minimum Gasteiger partial charge on any atom is -0.390 e. The lowest BCUT2D eigenvalue weighted by atomic mass is 9.97. The van der Waals surface area contributed by atoms with Crippen LogP contribution >= 0.6 is 0 Å². The quantitative estimate of drug-likeness (QED) is 0.572. The molecule has 2 atom stereocenters. The molecule has 1 fully saturated rings. The van der Waals surface area contributed by atoms with Crippen molar-refractivity contribution in [2.24, 2.45) is 0 Å². The van der Waals surface area contributed by atoms with Gasteiger partial charge >= 0.3 is 0 Å². The molecule has 0 aliphatic carbocycles. The van der Waals surface area contributed by atoms with Gasteiger partial charge < -0.3 is 9.84 Å². The van der Waals surface area contributed by atoms with Crippen molar-refractivity contribution in [1.82, 2.24) is 0 Å². The molecule has 1 aliphatic heterocycles. The molecule has 0 radical (unpaired) electrons. The maximum atomic E-state index is 9.32. The largest absolute Gasteiger partial charge is 0.390 e. The van der Waals surface area contributed by atoms with Gasteiger partial charge in [0, 0.05) is 0 Å². The van der Waals surface area contributed by atoms with Crippen molar-refractivity contribution in [2.45, 2.75) is 38.4 Å². The van der Waals surface area contributed by atoms with Gasteiger partial charge in [-0.2, -0.15) is 0 Å². The second-order valence-corrected chi connectivity index (χ2v) is 2.82. The lowest BCUT2D eigenvalue weighted by Crippen LogP contribution is -2.34. The molecule has 2 nitrogen and oxygen atoms in total. The molecule has 0 aromatic heterocycles. The van der Waals surface area contributed by atoms with Crippen molar-refractivity contribution in [2.75, 3.05) is 6.61 Å². The molecule has 2 heteroatoms. The third kappa shape index (κ3) is 1.10. The van der Waals surface area contributed by atoms with Crippen LogP contribution in [-0.2, 0) is 4.74 Å². The summed E-state index contributed by atoms with van der Waals surface area (Å²) >= 11 is 0. The average molecular weight is 130 g/mol. The van der Waals surface area contributed by atoms with E-state index in [4.69, 9.17) is 4.74 Å². The Hall–Kier alpha value is -0.0800. The lowest BCUT2D eigenvalue weighted by Gasteiger charge is -2.24. The monoisotopic (exact) mass is 130 g/mol. The van der Waals surface area contributed by atoms with E-state index in [0.717, 1.165) is 12.8 Å². The van der Waals surface area contributed by atoms with Crippen LogP contribution in [0.3, 0.4) is 0 Å². The van der Waals surface area contributed by atoms with Gasteiger partial charge in [-0.05, 0) is 19.8 Å². The summed E-state index contributed by atoms with van der Waals surface area (Å²) in [6, 6.07) is 0. The normalized spacial score (nSPS) is 43.7. The molecule has 0 saturated carbocycles. The fourth-order valence-electron chi connectivity index (χ4n) is 1.14. The molecule has 0 bridgehead atoms.